The van der Waals surface area contributed by atoms with E-state index in [9.17, 15) is 0 Å². The van der Waals surface area contributed by atoms with Gasteiger partial charge in [-0.3, -0.25) is 0 Å². The summed E-state index contributed by atoms with van der Waals surface area (Å²) in [7, 11) is 0. The molecule has 14 heavy (non-hydrogen) atoms. The smallest absolute Gasteiger partial charge is 0.0514 e. The van der Waals surface area contributed by atoms with E-state index in [-0.39, 0.29) is 0 Å². The molecular formula is C12H20OS. The van der Waals surface area contributed by atoms with Crippen LogP contribution in [0.25, 0.3) is 0 Å². The van der Waals surface area contributed by atoms with Crippen LogP contribution >= 0.6 is 11.3 Å². The summed E-state index contributed by atoms with van der Waals surface area (Å²) in [6.45, 7) is 4.05. The molecule has 0 bridgehead atoms. The quantitative estimate of drug-likeness (QED) is 0.594. The van der Waals surface area contributed by atoms with Gasteiger partial charge in [0.25, 0.3) is 0 Å². The molecule has 0 radical (unpaired) electrons. The lowest BCUT2D eigenvalue weighted by Gasteiger charge is -2.02. The average Bonchev–Trinajstić information content (AvgIpc) is 2.69. The Morgan fingerprint density at radius 2 is 2.14 bits per heavy atom. The van der Waals surface area contributed by atoms with Gasteiger partial charge in [0, 0.05) is 17.9 Å². The van der Waals surface area contributed by atoms with Crippen molar-refractivity contribution in [2.75, 3.05) is 13.2 Å². The van der Waals surface area contributed by atoms with Gasteiger partial charge in [-0.05, 0) is 17.9 Å². The highest BCUT2D eigenvalue weighted by atomic mass is 32.1. The van der Waals surface area contributed by atoms with Crippen molar-refractivity contribution < 1.29 is 4.74 Å². The van der Waals surface area contributed by atoms with Crippen molar-refractivity contribution in [3.63, 3.8) is 0 Å². The summed E-state index contributed by atoms with van der Waals surface area (Å²) >= 11 is 1.81. The highest BCUT2D eigenvalue weighted by molar-refractivity contribution is 7.09. The van der Waals surface area contributed by atoms with Gasteiger partial charge in [0.1, 0.15) is 0 Å². The number of thiophene rings is 1. The van der Waals surface area contributed by atoms with Crippen LogP contribution in [-0.2, 0) is 11.2 Å². The zero-order valence-corrected chi connectivity index (χ0v) is 9.81. The normalized spacial score (nSPS) is 10.6. The van der Waals surface area contributed by atoms with Crippen molar-refractivity contribution in [2.24, 2.45) is 0 Å². The maximum atomic E-state index is 5.56. The Kier molecular flexibility index (Phi) is 6.71. The van der Waals surface area contributed by atoms with Crippen molar-refractivity contribution in [3.05, 3.63) is 22.4 Å². The van der Waals surface area contributed by atoms with Crippen molar-refractivity contribution in [1.29, 1.82) is 0 Å². The topological polar surface area (TPSA) is 9.23 Å². The van der Waals surface area contributed by atoms with E-state index in [2.05, 4.69) is 24.4 Å². The molecule has 0 aliphatic carbocycles. The molecule has 1 rings (SSSR count). The summed E-state index contributed by atoms with van der Waals surface area (Å²) in [6, 6.07) is 4.27. The van der Waals surface area contributed by atoms with Crippen LogP contribution in [0.3, 0.4) is 0 Å². The zero-order chi connectivity index (χ0) is 10.1. The van der Waals surface area contributed by atoms with Crippen LogP contribution in [0.1, 0.15) is 37.5 Å². The van der Waals surface area contributed by atoms with Crippen molar-refractivity contribution >= 4 is 11.3 Å². The molecule has 2 heteroatoms. The van der Waals surface area contributed by atoms with Gasteiger partial charge in [-0.2, -0.15) is 0 Å². The van der Waals surface area contributed by atoms with Gasteiger partial charge in [-0.1, -0.05) is 32.3 Å². The Labute approximate surface area is 91.1 Å². The van der Waals surface area contributed by atoms with Crippen LogP contribution < -0.4 is 0 Å². The Morgan fingerprint density at radius 3 is 2.86 bits per heavy atom. The second-order valence-corrected chi connectivity index (χ2v) is 4.53. The molecule has 1 aromatic heterocycles. The predicted octanol–water partition coefficient (Wildman–Crippen LogP) is 3.89. The van der Waals surface area contributed by atoms with E-state index in [1.54, 1.807) is 0 Å². The zero-order valence-electron chi connectivity index (χ0n) is 9.00. The summed E-state index contributed by atoms with van der Waals surface area (Å²) in [5.74, 6) is 0. The third-order valence-electron chi connectivity index (χ3n) is 2.22. The minimum absolute atomic E-state index is 0.882. The SMILES string of the molecule is CCCCCCOCCc1cccs1. The molecule has 0 saturated heterocycles. The van der Waals surface area contributed by atoms with Gasteiger partial charge in [0.15, 0.2) is 0 Å². The molecule has 1 aromatic rings. The largest absolute Gasteiger partial charge is 0.381 e. The fourth-order valence-electron chi connectivity index (χ4n) is 1.36. The van der Waals surface area contributed by atoms with Gasteiger partial charge in [-0.15, -0.1) is 11.3 Å². The number of hydrogen-bond acceptors (Lipinski definition) is 2. The third kappa shape index (κ3) is 5.40. The molecule has 0 saturated carbocycles. The lowest BCUT2D eigenvalue weighted by molar-refractivity contribution is 0.133. The minimum Gasteiger partial charge on any atom is -0.381 e. The van der Waals surface area contributed by atoms with Crippen molar-refractivity contribution in [3.8, 4) is 0 Å². The first-order valence-electron chi connectivity index (χ1n) is 5.53. The Balaban J connectivity index is 1.85. The molecule has 80 valence electrons. The molecule has 0 aliphatic heterocycles. The van der Waals surface area contributed by atoms with Crippen LogP contribution in [0, 0.1) is 0 Å². The third-order valence-corrected chi connectivity index (χ3v) is 3.15. The Hall–Kier alpha value is -0.340. The lowest BCUT2D eigenvalue weighted by Crippen LogP contribution is -1.99. The molecule has 0 fully saturated rings. The lowest BCUT2D eigenvalue weighted by atomic mass is 10.2. The molecule has 0 aromatic carbocycles. The summed E-state index contributed by atoms with van der Waals surface area (Å²) in [4.78, 5) is 1.43. The van der Waals surface area contributed by atoms with Gasteiger partial charge < -0.3 is 4.74 Å². The predicted molar refractivity (Wildman–Crippen MR) is 63.0 cm³/mol. The highest BCUT2D eigenvalue weighted by Gasteiger charge is 1.93. The number of rotatable bonds is 8. The summed E-state index contributed by atoms with van der Waals surface area (Å²) < 4.78 is 5.56. The Bertz CT molecular complexity index is 206. The van der Waals surface area contributed by atoms with Crippen LogP contribution in [0.2, 0.25) is 0 Å². The fourth-order valence-corrected chi connectivity index (χ4v) is 2.05. The Morgan fingerprint density at radius 1 is 1.21 bits per heavy atom. The molecule has 0 unspecified atom stereocenters. The molecular weight excluding hydrogens is 192 g/mol. The van der Waals surface area contributed by atoms with Crippen LogP contribution in [0.4, 0.5) is 0 Å². The molecule has 0 spiro atoms. The van der Waals surface area contributed by atoms with E-state index in [0.29, 0.717) is 0 Å². The van der Waals surface area contributed by atoms with E-state index in [0.717, 1.165) is 19.6 Å². The van der Waals surface area contributed by atoms with Gasteiger partial charge >= 0.3 is 0 Å². The first-order chi connectivity index (χ1) is 6.93. The highest BCUT2D eigenvalue weighted by Crippen LogP contribution is 2.09. The van der Waals surface area contributed by atoms with Gasteiger partial charge in [0.05, 0.1) is 6.61 Å². The second kappa shape index (κ2) is 8.01. The van der Waals surface area contributed by atoms with Crippen LogP contribution in [-0.4, -0.2) is 13.2 Å². The molecule has 1 nitrogen and oxygen atoms in total. The summed E-state index contributed by atoms with van der Waals surface area (Å²) in [6.07, 6.45) is 6.25. The molecule has 0 amide bonds. The van der Waals surface area contributed by atoms with Gasteiger partial charge in [-0.25, -0.2) is 0 Å². The minimum atomic E-state index is 0.882. The van der Waals surface area contributed by atoms with E-state index >= 15 is 0 Å². The van der Waals surface area contributed by atoms with Gasteiger partial charge in [0.2, 0.25) is 0 Å². The first-order valence-corrected chi connectivity index (χ1v) is 6.41. The van der Waals surface area contributed by atoms with E-state index < -0.39 is 0 Å². The van der Waals surface area contributed by atoms with E-state index in [1.165, 1.54) is 30.6 Å². The maximum absolute atomic E-state index is 5.56. The maximum Gasteiger partial charge on any atom is 0.0514 e. The van der Waals surface area contributed by atoms with E-state index in [4.69, 9.17) is 4.74 Å². The fraction of sp³-hybridized carbons (Fsp3) is 0.667. The van der Waals surface area contributed by atoms with Crippen molar-refractivity contribution in [1.82, 2.24) is 0 Å². The summed E-state index contributed by atoms with van der Waals surface area (Å²) in [5, 5.41) is 2.12. The van der Waals surface area contributed by atoms with Crippen molar-refractivity contribution in [2.45, 2.75) is 39.0 Å². The second-order valence-electron chi connectivity index (χ2n) is 3.50. The monoisotopic (exact) mass is 212 g/mol. The number of unbranched alkanes of at least 4 members (excludes halogenated alkanes) is 3. The number of ether oxygens (including phenoxy) is 1. The van der Waals surface area contributed by atoms with Crippen LogP contribution in [0.5, 0.6) is 0 Å². The molecule has 0 aliphatic rings. The average molecular weight is 212 g/mol. The number of hydrogen-bond donors (Lipinski definition) is 0. The standard InChI is InChI=1S/C12H20OS/c1-2-3-4-5-9-13-10-8-12-7-6-11-14-12/h6-7,11H,2-5,8-10H2,1H3. The first kappa shape index (κ1) is 11.7. The molecule has 0 atom stereocenters. The summed E-state index contributed by atoms with van der Waals surface area (Å²) in [5.41, 5.74) is 0. The van der Waals surface area contributed by atoms with E-state index in [1.807, 2.05) is 11.3 Å². The molecule has 1 heterocycles. The van der Waals surface area contributed by atoms with Crippen LogP contribution in [0.15, 0.2) is 17.5 Å². The molecule has 0 N–H and O–H groups in total.